The van der Waals surface area contributed by atoms with Gasteiger partial charge < -0.3 is 14.7 Å². The molecule has 6 heteroatoms. The lowest BCUT2D eigenvalue weighted by Crippen LogP contribution is -2.43. The van der Waals surface area contributed by atoms with Gasteiger partial charge in [0.25, 0.3) is 5.91 Å². The van der Waals surface area contributed by atoms with Crippen molar-refractivity contribution in [1.29, 1.82) is 0 Å². The maximum Gasteiger partial charge on any atom is 0.259 e. The lowest BCUT2D eigenvalue weighted by molar-refractivity contribution is -0.126. The zero-order valence-electron chi connectivity index (χ0n) is 15.8. The highest BCUT2D eigenvalue weighted by atomic mass is 16.5. The van der Waals surface area contributed by atoms with Crippen LogP contribution >= 0.6 is 0 Å². The van der Waals surface area contributed by atoms with Crippen LogP contribution in [0.15, 0.2) is 10.7 Å². The Bertz CT molecular complexity index is 597. The van der Waals surface area contributed by atoms with Crippen LogP contribution in [0.25, 0.3) is 0 Å². The number of aromatic nitrogens is 1. The SMILES string of the molecule is Cc1oncc1C(=O)N1CCC(C(=O)NCC2CCCCCCC2)CC1. The van der Waals surface area contributed by atoms with Gasteiger partial charge in [0, 0.05) is 25.6 Å². The number of hydrogen-bond donors (Lipinski definition) is 1. The summed E-state index contributed by atoms with van der Waals surface area (Å²) in [6, 6.07) is 0. The normalized spacial score (nSPS) is 20.4. The van der Waals surface area contributed by atoms with Crippen molar-refractivity contribution in [3.63, 3.8) is 0 Å². The Morgan fingerprint density at radius 1 is 1.12 bits per heavy atom. The van der Waals surface area contributed by atoms with E-state index in [-0.39, 0.29) is 17.7 Å². The van der Waals surface area contributed by atoms with Crippen molar-refractivity contribution in [2.24, 2.45) is 11.8 Å². The average molecular weight is 361 g/mol. The van der Waals surface area contributed by atoms with Gasteiger partial charge in [-0.25, -0.2) is 0 Å². The topological polar surface area (TPSA) is 75.4 Å². The zero-order chi connectivity index (χ0) is 18.4. The molecule has 2 heterocycles. The first-order valence-electron chi connectivity index (χ1n) is 10.1. The predicted molar refractivity (Wildman–Crippen MR) is 98.7 cm³/mol. The van der Waals surface area contributed by atoms with Gasteiger partial charge in [0.15, 0.2) is 0 Å². The number of rotatable bonds is 4. The number of carbonyl (C=O) groups excluding carboxylic acids is 2. The van der Waals surface area contributed by atoms with E-state index in [0.29, 0.717) is 30.3 Å². The van der Waals surface area contributed by atoms with Gasteiger partial charge >= 0.3 is 0 Å². The molecule has 0 radical (unpaired) electrons. The van der Waals surface area contributed by atoms with E-state index in [1.54, 1.807) is 11.8 Å². The highest BCUT2D eigenvalue weighted by molar-refractivity contribution is 5.95. The third kappa shape index (κ3) is 4.86. The summed E-state index contributed by atoms with van der Waals surface area (Å²) in [5.74, 6) is 1.33. The Labute approximate surface area is 155 Å². The van der Waals surface area contributed by atoms with E-state index in [0.717, 1.165) is 19.4 Å². The van der Waals surface area contributed by atoms with Crippen LogP contribution in [0.4, 0.5) is 0 Å². The molecule has 1 saturated carbocycles. The number of hydrogen-bond acceptors (Lipinski definition) is 4. The number of likely N-dealkylation sites (tertiary alicyclic amines) is 1. The molecule has 2 fully saturated rings. The number of nitrogens with one attached hydrogen (secondary N) is 1. The van der Waals surface area contributed by atoms with Crippen LogP contribution in [-0.4, -0.2) is 41.5 Å². The Morgan fingerprint density at radius 3 is 2.38 bits per heavy atom. The van der Waals surface area contributed by atoms with Gasteiger partial charge in [-0.2, -0.15) is 0 Å². The molecule has 1 aromatic heterocycles. The Morgan fingerprint density at radius 2 is 1.77 bits per heavy atom. The van der Waals surface area contributed by atoms with Crippen LogP contribution in [0.3, 0.4) is 0 Å². The van der Waals surface area contributed by atoms with Crippen molar-refractivity contribution in [3.8, 4) is 0 Å². The fourth-order valence-corrected chi connectivity index (χ4v) is 4.15. The number of amides is 2. The molecule has 0 aromatic carbocycles. The minimum absolute atomic E-state index is 0.0242. The third-order valence-electron chi connectivity index (χ3n) is 5.92. The fraction of sp³-hybridized carbons (Fsp3) is 0.750. The largest absolute Gasteiger partial charge is 0.361 e. The third-order valence-corrected chi connectivity index (χ3v) is 5.92. The number of piperidine rings is 1. The first-order chi connectivity index (χ1) is 12.6. The molecule has 1 saturated heterocycles. The molecule has 3 rings (SSSR count). The van der Waals surface area contributed by atoms with Gasteiger partial charge in [0.2, 0.25) is 5.91 Å². The summed E-state index contributed by atoms with van der Waals surface area (Å²) >= 11 is 0. The second-order valence-electron chi connectivity index (χ2n) is 7.82. The van der Waals surface area contributed by atoms with E-state index in [1.165, 1.54) is 51.1 Å². The summed E-state index contributed by atoms with van der Waals surface area (Å²) in [4.78, 5) is 26.8. The number of carbonyl (C=O) groups is 2. The highest BCUT2D eigenvalue weighted by Gasteiger charge is 2.29. The van der Waals surface area contributed by atoms with Crippen molar-refractivity contribution in [3.05, 3.63) is 17.5 Å². The minimum Gasteiger partial charge on any atom is -0.361 e. The molecule has 0 spiro atoms. The zero-order valence-corrected chi connectivity index (χ0v) is 15.8. The molecule has 144 valence electrons. The van der Waals surface area contributed by atoms with Gasteiger partial charge in [0.05, 0.1) is 6.20 Å². The molecular formula is C20H31N3O3. The monoisotopic (exact) mass is 361 g/mol. The number of nitrogens with zero attached hydrogens (tertiary/aromatic N) is 2. The van der Waals surface area contributed by atoms with Crippen LogP contribution in [0, 0.1) is 18.8 Å². The summed E-state index contributed by atoms with van der Waals surface area (Å²) in [6.45, 7) is 3.80. The Balaban J connectivity index is 1.42. The van der Waals surface area contributed by atoms with Crippen molar-refractivity contribution in [1.82, 2.24) is 15.4 Å². The predicted octanol–water partition coefficient (Wildman–Crippen LogP) is 3.31. The smallest absolute Gasteiger partial charge is 0.259 e. The lowest BCUT2D eigenvalue weighted by atomic mass is 9.90. The number of aryl methyl sites for hydroxylation is 1. The first kappa shape index (κ1) is 18.9. The van der Waals surface area contributed by atoms with E-state index in [4.69, 9.17) is 4.52 Å². The van der Waals surface area contributed by atoms with Gasteiger partial charge in [-0.05, 0) is 38.5 Å². The molecule has 1 aromatic rings. The van der Waals surface area contributed by atoms with Gasteiger partial charge in [0.1, 0.15) is 11.3 Å². The molecule has 1 N–H and O–H groups in total. The van der Waals surface area contributed by atoms with E-state index in [2.05, 4.69) is 10.5 Å². The second-order valence-corrected chi connectivity index (χ2v) is 7.82. The summed E-state index contributed by atoms with van der Waals surface area (Å²) in [6.07, 6.45) is 12.0. The quantitative estimate of drug-likeness (QED) is 0.893. The molecule has 1 aliphatic carbocycles. The summed E-state index contributed by atoms with van der Waals surface area (Å²) in [7, 11) is 0. The molecule has 26 heavy (non-hydrogen) atoms. The van der Waals surface area contributed by atoms with Gasteiger partial charge in [-0.1, -0.05) is 37.3 Å². The molecular weight excluding hydrogens is 330 g/mol. The molecule has 0 bridgehead atoms. The standard InChI is InChI=1S/C20H31N3O3/c1-15-18(14-22-26-15)20(25)23-11-9-17(10-12-23)19(24)21-13-16-7-5-3-2-4-6-8-16/h14,16-17H,2-13H2,1H3,(H,21,24). The lowest BCUT2D eigenvalue weighted by Gasteiger charge is -2.31. The summed E-state index contributed by atoms with van der Waals surface area (Å²) in [5.41, 5.74) is 0.525. The molecule has 2 amide bonds. The summed E-state index contributed by atoms with van der Waals surface area (Å²) in [5, 5.41) is 6.86. The van der Waals surface area contributed by atoms with E-state index >= 15 is 0 Å². The maximum absolute atomic E-state index is 12.5. The maximum atomic E-state index is 12.5. The second kappa shape index (κ2) is 9.19. The molecule has 6 nitrogen and oxygen atoms in total. The van der Waals surface area contributed by atoms with Crippen LogP contribution in [0.5, 0.6) is 0 Å². The summed E-state index contributed by atoms with van der Waals surface area (Å²) < 4.78 is 4.98. The van der Waals surface area contributed by atoms with E-state index in [9.17, 15) is 9.59 Å². The van der Waals surface area contributed by atoms with Crippen LogP contribution in [0.1, 0.15) is 73.9 Å². The molecule has 1 aliphatic heterocycles. The molecule has 2 aliphatic rings. The van der Waals surface area contributed by atoms with E-state index in [1.807, 2.05) is 0 Å². The highest BCUT2D eigenvalue weighted by Crippen LogP contribution is 2.23. The van der Waals surface area contributed by atoms with Crippen LogP contribution in [-0.2, 0) is 4.79 Å². The van der Waals surface area contributed by atoms with Crippen molar-refractivity contribution in [2.45, 2.75) is 64.7 Å². The fourth-order valence-electron chi connectivity index (χ4n) is 4.15. The van der Waals surface area contributed by atoms with Crippen LogP contribution < -0.4 is 5.32 Å². The van der Waals surface area contributed by atoms with Gasteiger partial charge in [-0.3, -0.25) is 9.59 Å². The van der Waals surface area contributed by atoms with Crippen molar-refractivity contribution in [2.75, 3.05) is 19.6 Å². The Hall–Kier alpha value is -1.85. The molecule has 0 atom stereocenters. The minimum atomic E-state index is -0.0443. The average Bonchev–Trinajstić information content (AvgIpc) is 3.06. The first-order valence-corrected chi connectivity index (χ1v) is 10.1. The van der Waals surface area contributed by atoms with Crippen LogP contribution in [0.2, 0.25) is 0 Å². The van der Waals surface area contributed by atoms with Crippen molar-refractivity contribution < 1.29 is 14.1 Å². The van der Waals surface area contributed by atoms with Gasteiger partial charge in [-0.15, -0.1) is 0 Å². The molecule has 0 unspecified atom stereocenters. The Kier molecular flexibility index (Phi) is 6.69. The van der Waals surface area contributed by atoms with Crippen molar-refractivity contribution >= 4 is 11.8 Å². The van der Waals surface area contributed by atoms with E-state index < -0.39 is 0 Å².